The molecule has 1 heterocycles. The molecule has 0 spiro atoms. The summed E-state index contributed by atoms with van der Waals surface area (Å²) in [5, 5.41) is 14.2. The van der Waals surface area contributed by atoms with Gasteiger partial charge in [0.05, 0.1) is 6.04 Å². The molecule has 2 N–H and O–H groups in total. The zero-order chi connectivity index (χ0) is 15.5. The van der Waals surface area contributed by atoms with E-state index < -0.39 is 23.2 Å². The van der Waals surface area contributed by atoms with Gasteiger partial charge >= 0.3 is 5.97 Å². The Morgan fingerprint density at radius 3 is 2.25 bits per heavy atom. The third-order valence-corrected chi connectivity index (χ3v) is 4.14. The highest BCUT2D eigenvalue weighted by atomic mass is 32.1. The maximum atomic E-state index is 12.4. The molecule has 2 atom stereocenters. The van der Waals surface area contributed by atoms with Crippen LogP contribution in [-0.4, -0.2) is 17.0 Å². The largest absolute Gasteiger partial charge is 0.481 e. The van der Waals surface area contributed by atoms with Crippen molar-refractivity contribution in [2.45, 2.75) is 40.7 Å². The Bertz CT molecular complexity index is 460. The van der Waals surface area contributed by atoms with Crippen LogP contribution in [-0.2, 0) is 9.59 Å². The molecular formula is C15H23NO3S. The van der Waals surface area contributed by atoms with Gasteiger partial charge in [0.25, 0.3) is 0 Å². The van der Waals surface area contributed by atoms with Crippen LogP contribution >= 0.6 is 11.3 Å². The van der Waals surface area contributed by atoms with Crippen molar-refractivity contribution < 1.29 is 14.7 Å². The van der Waals surface area contributed by atoms with E-state index in [1.165, 1.54) is 0 Å². The van der Waals surface area contributed by atoms with Crippen LogP contribution in [0.5, 0.6) is 0 Å². The molecule has 0 saturated carbocycles. The molecule has 0 aliphatic heterocycles. The molecule has 112 valence electrons. The molecule has 1 amide bonds. The molecule has 0 aromatic carbocycles. The van der Waals surface area contributed by atoms with E-state index in [2.05, 4.69) is 5.32 Å². The van der Waals surface area contributed by atoms with Crippen molar-refractivity contribution in [3.8, 4) is 0 Å². The summed E-state index contributed by atoms with van der Waals surface area (Å²) >= 11 is 1.57. The van der Waals surface area contributed by atoms with Crippen molar-refractivity contribution in [1.82, 2.24) is 5.32 Å². The molecule has 0 radical (unpaired) electrons. The fourth-order valence-corrected chi connectivity index (χ4v) is 3.10. The van der Waals surface area contributed by atoms with E-state index in [0.717, 1.165) is 4.88 Å². The van der Waals surface area contributed by atoms with Crippen LogP contribution in [0.15, 0.2) is 17.5 Å². The minimum absolute atomic E-state index is 0.147. The van der Waals surface area contributed by atoms with Crippen molar-refractivity contribution in [3.63, 3.8) is 0 Å². The highest BCUT2D eigenvalue weighted by molar-refractivity contribution is 7.10. The number of rotatable bonds is 5. The maximum absolute atomic E-state index is 12.4. The van der Waals surface area contributed by atoms with Gasteiger partial charge in [-0.15, -0.1) is 11.3 Å². The molecule has 1 rings (SSSR count). The third-order valence-electron chi connectivity index (χ3n) is 3.19. The van der Waals surface area contributed by atoms with Crippen LogP contribution in [0.25, 0.3) is 0 Å². The van der Waals surface area contributed by atoms with E-state index in [1.54, 1.807) is 32.1 Å². The van der Waals surface area contributed by atoms with Crippen molar-refractivity contribution in [3.05, 3.63) is 22.4 Å². The number of carbonyl (C=O) groups excluding carboxylic acids is 1. The summed E-state index contributed by atoms with van der Waals surface area (Å²) in [6.07, 6.45) is 0. The second-order valence-corrected chi connectivity index (χ2v) is 7.36. The molecule has 1 aromatic rings. The Labute approximate surface area is 124 Å². The third kappa shape index (κ3) is 4.07. The van der Waals surface area contributed by atoms with E-state index in [1.807, 2.05) is 31.4 Å². The first-order valence-electron chi connectivity index (χ1n) is 6.71. The molecule has 0 bridgehead atoms. The van der Waals surface area contributed by atoms with E-state index in [-0.39, 0.29) is 12.0 Å². The smallest absolute Gasteiger partial charge is 0.316 e. The number of hydrogen-bond acceptors (Lipinski definition) is 3. The predicted molar refractivity (Wildman–Crippen MR) is 80.6 cm³/mol. The van der Waals surface area contributed by atoms with Gasteiger partial charge in [-0.25, -0.2) is 0 Å². The van der Waals surface area contributed by atoms with Gasteiger partial charge < -0.3 is 10.4 Å². The van der Waals surface area contributed by atoms with Crippen LogP contribution < -0.4 is 5.32 Å². The van der Waals surface area contributed by atoms with Gasteiger partial charge in [-0.3, -0.25) is 9.59 Å². The van der Waals surface area contributed by atoms with Crippen LogP contribution in [0.2, 0.25) is 0 Å². The molecule has 4 nitrogen and oxygen atoms in total. The summed E-state index contributed by atoms with van der Waals surface area (Å²) < 4.78 is 0. The van der Waals surface area contributed by atoms with Gasteiger partial charge in [0.15, 0.2) is 0 Å². The van der Waals surface area contributed by atoms with E-state index in [4.69, 9.17) is 0 Å². The highest BCUT2D eigenvalue weighted by Crippen LogP contribution is 2.30. The Balaban J connectivity index is 2.93. The molecular weight excluding hydrogens is 274 g/mol. The minimum Gasteiger partial charge on any atom is -0.481 e. The normalized spacial score (nSPS) is 14.9. The molecule has 1 aromatic heterocycles. The molecule has 20 heavy (non-hydrogen) atoms. The molecule has 2 unspecified atom stereocenters. The zero-order valence-corrected chi connectivity index (χ0v) is 13.5. The first-order chi connectivity index (χ1) is 9.14. The number of nitrogens with one attached hydrogen (secondary N) is 1. The standard InChI is InChI=1S/C15H23NO3S/c1-9(2)12(10-7-6-8-20-10)16-13(17)11(14(18)19)15(3,4)5/h6-9,11-12H,1-5H3,(H,16,17)(H,18,19). The van der Waals surface area contributed by atoms with Gasteiger partial charge in [-0.1, -0.05) is 40.7 Å². The molecule has 0 aliphatic carbocycles. The summed E-state index contributed by atoms with van der Waals surface area (Å²) in [6, 6.07) is 3.74. The van der Waals surface area contributed by atoms with Crippen LogP contribution in [0.3, 0.4) is 0 Å². The number of aliphatic carboxylic acids is 1. The average Bonchev–Trinajstić information content (AvgIpc) is 2.75. The Morgan fingerprint density at radius 2 is 1.90 bits per heavy atom. The van der Waals surface area contributed by atoms with E-state index >= 15 is 0 Å². The lowest BCUT2D eigenvalue weighted by Gasteiger charge is -2.29. The fourth-order valence-electron chi connectivity index (χ4n) is 2.15. The van der Waals surface area contributed by atoms with Gasteiger partial charge in [0, 0.05) is 4.88 Å². The van der Waals surface area contributed by atoms with Crippen LogP contribution in [0.4, 0.5) is 0 Å². The predicted octanol–water partition coefficient (Wildman–Crippen LogP) is 3.31. The van der Waals surface area contributed by atoms with Crippen molar-refractivity contribution in [2.75, 3.05) is 0 Å². The minimum atomic E-state index is -1.08. The van der Waals surface area contributed by atoms with Crippen molar-refractivity contribution in [1.29, 1.82) is 0 Å². The van der Waals surface area contributed by atoms with Gasteiger partial charge in [0.1, 0.15) is 5.92 Å². The van der Waals surface area contributed by atoms with Gasteiger partial charge in [-0.2, -0.15) is 0 Å². The molecule has 5 heteroatoms. The second-order valence-electron chi connectivity index (χ2n) is 6.38. The molecule has 0 saturated heterocycles. The van der Waals surface area contributed by atoms with E-state index in [9.17, 15) is 14.7 Å². The Hall–Kier alpha value is -1.36. The number of thiophene rings is 1. The van der Waals surface area contributed by atoms with Gasteiger partial charge in [-0.05, 0) is 22.8 Å². The summed E-state index contributed by atoms with van der Waals surface area (Å²) in [4.78, 5) is 24.8. The topological polar surface area (TPSA) is 66.4 Å². The van der Waals surface area contributed by atoms with Crippen LogP contribution in [0.1, 0.15) is 45.5 Å². The lowest BCUT2D eigenvalue weighted by Crippen LogP contribution is -2.44. The number of amides is 1. The summed E-state index contributed by atoms with van der Waals surface area (Å²) in [7, 11) is 0. The zero-order valence-electron chi connectivity index (χ0n) is 12.6. The average molecular weight is 297 g/mol. The molecule has 0 aliphatic rings. The number of carbonyl (C=O) groups is 2. The van der Waals surface area contributed by atoms with Crippen molar-refractivity contribution in [2.24, 2.45) is 17.3 Å². The SMILES string of the molecule is CC(C)C(NC(=O)C(C(=O)O)C(C)(C)C)c1cccs1. The quantitative estimate of drug-likeness (QED) is 0.819. The fraction of sp³-hybridized carbons (Fsp3) is 0.600. The maximum Gasteiger partial charge on any atom is 0.316 e. The first kappa shape index (κ1) is 16.7. The number of carboxylic acids is 1. The summed E-state index contributed by atoms with van der Waals surface area (Å²) in [5.41, 5.74) is -0.618. The lowest BCUT2D eigenvalue weighted by molar-refractivity contribution is -0.151. The summed E-state index contributed by atoms with van der Waals surface area (Å²) in [6.45, 7) is 9.32. The Morgan fingerprint density at radius 1 is 1.30 bits per heavy atom. The van der Waals surface area contributed by atoms with Crippen molar-refractivity contribution >= 4 is 23.2 Å². The second kappa shape index (κ2) is 6.39. The number of carboxylic acid groups (broad SMARTS) is 1. The van der Waals surface area contributed by atoms with E-state index in [0.29, 0.717) is 0 Å². The monoisotopic (exact) mass is 297 g/mol. The molecule has 0 fully saturated rings. The summed E-state index contributed by atoms with van der Waals surface area (Å²) in [5.74, 6) is -2.35. The number of hydrogen-bond donors (Lipinski definition) is 2. The van der Waals surface area contributed by atoms with Gasteiger partial charge in [0.2, 0.25) is 5.91 Å². The Kier molecular flexibility index (Phi) is 5.34. The van der Waals surface area contributed by atoms with Crippen LogP contribution in [0, 0.1) is 17.3 Å². The first-order valence-corrected chi connectivity index (χ1v) is 7.59. The lowest BCUT2D eigenvalue weighted by atomic mass is 9.80. The highest BCUT2D eigenvalue weighted by Gasteiger charge is 2.38.